The second-order valence-corrected chi connectivity index (χ2v) is 6.13. The van der Waals surface area contributed by atoms with Crippen molar-refractivity contribution < 1.29 is 14.3 Å². The molecule has 4 rings (SSSR count). The van der Waals surface area contributed by atoms with Crippen molar-refractivity contribution in [2.24, 2.45) is 0 Å². The average Bonchev–Trinajstić information content (AvgIpc) is 3.37. The Labute approximate surface area is 156 Å². The number of benzene rings is 2. The van der Waals surface area contributed by atoms with Gasteiger partial charge in [0, 0.05) is 13.1 Å². The molecule has 8 heteroatoms. The maximum Gasteiger partial charge on any atom is 0.315 e. The second kappa shape index (κ2) is 7.77. The van der Waals surface area contributed by atoms with Crippen LogP contribution in [0.25, 0.3) is 0 Å². The van der Waals surface area contributed by atoms with Crippen molar-refractivity contribution in [3.05, 3.63) is 71.8 Å². The fraction of sp³-hybridized carbons (Fsp3) is 0.211. The molecule has 0 saturated carbocycles. The van der Waals surface area contributed by atoms with Crippen LogP contribution in [0.1, 0.15) is 16.7 Å². The fourth-order valence-electron chi connectivity index (χ4n) is 2.74. The number of rotatable bonds is 6. The molecule has 0 aliphatic carbocycles. The van der Waals surface area contributed by atoms with E-state index in [1.165, 1.54) is 6.33 Å². The van der Waals surface area contributed by atoms with E-state index < -0.39 is 0 Å². The Morgan fingerprint density at radius 3 is 2.44 bits per heavy atom. The van der Waals surface area contributed by atoms with Gasteiger partial charge in [-0.05, 0) is 28.8 Å². The van der Waals surface area contributed by atoms with E-state index in [1.807, 2.05) is 42.5 Å². The number of urea groups is 1. The van der Waals surface area contributed by atoms with E-state index in [1.54, 1.807) is 11.0 Å². The normalized spacial score (nSPS) is 12.0. The van der Waals surface area contributed by atoms with E-state index in [0.29, 0.717) is 25.4 Å². The molecule has 0 fully saturated rings. The number of carbonyl (C=O) groups excluding carboxylic acids is 1. The van der Waals surface area contributed by atoms with Gasteiger partial charge in [0.1, 0.15) is 12.7 Å². The molecule has 0 radical (unpaired) electrons. The molecule has 0 unspecified atom stereocenters. The molecular formula is C19H19N5O3. The first kappa shape index (κ1) is 16.9. The quantitative estimate of drug-likeness (QED) is 0.698. The Bertz CT molecular complexity index is 910. The third-order valence-corrected chi connectivity index (χ3v) is 4.18. The van der Waals surface area contributed by atoms with Gasteiger partial charge in [-0.1, -0.05) is 30.3 Å². The van der Waals surface area contributed by atoms with Crippen LogP contribution in [0.4, 0.5) is 4.79 Å². The van der Waals surface area contributed by atoms with Gasteiger partial charge in [0.05, 0.1) is 6.54 Å². The summed E-state index contributed by atoms with van der Waals surface area (Å²) in [6.07, 6.45) is 3.19. The van der Waals surface area contributed by atoms with Crippen LogP contribution in [-0.4, -0.2) is 27.6 Å². The zero-order chi connectivity index (χ0) is 18.5. The van der Waals surface area contributed by atoms with Crippen LogP contribution in [0.15, 0.2) is 55.1 Å². The summed E-state index contributed by atoms with van der Waals surface area (Å²) < 4.78 is 12.4. The molecule has 1 aliphatic rings. The van der Waals surface area contributed by atoms with Crippen molar-refractivity contribution in [2.75, 3.05) is 6.79 Å². The number of nitrogens with one attached hydrogen (secondary N) is 2. The van der Waals surface area contributed by atoms with Gasteiger partial charge in [0.25, 0.3) is 0 Å². The van der Waals surface area contributed by atoms with E-state index in [0.717, 1.165) is 22.4 Å². The zero-order valence-electron chi connectivity index (χ0n) is 14.6. The highest BCUT2D eigenvalue weighted by atomic mass is 16.7. The molecule has 0 spiro atoms. The molecule has 0 saturated heterocycles. The molecular weight excluding hydrogens is 346 g/mol. The van der Waals surface area contributed by atoms with Crippen molar-refractivity contribution >= 4 is 6.03 Å². The molecule has 0 bridgehead atoms. The Kier molecular flexibility index (Phi) is 4.86. The zero-order valence-corrected chi connectivity index (χ0v) is 14.6. The van der Waals surface area contributed by atoms with E-state index in [4.69, 9.17) is 9.47 Å². The van der Waals surface area contributed by atoms with Crippen molar-refractivity contribution in [2.45, 2.75) is 19.6 Å². The fourth-order valence-corrected chi connectivity index (χ4v) is 2.74. The van der Waals surface area contributed by atoms with Crippen molar-refractivity contribution in [1.82, 2.24) is 25.4 Å². The van der Waals surface area contributed by atoms with Gasteiger partial charge >= 0.3 is 6.03 Å². The third-order valence-electron chi connectivity index (χ3n) is 4.18. The molecule has 2 amide bonds. The monoisotopic (exact) mass is 365 g/mol. The van der Waals surface area contributed by atoms with E-state index in [2.05, 4.69) is 20.7 Å². The third kappa shape index (κ3) is 4.35. The summed E-state index contributed by atoms with van der Waals surface area (Å²) in [6.45, 7) is 1.78. The molecule has 2 N–H and O–H groups in total. The number of ether oxygens (including phenoxy) is 2. The van der Waals surface area contributed by atoms with Crippen molar-refractivity contribution in [3.8, 4) is 11.5 Å². The molecule has 138 valence electrons. The lowest BCUT2D eigenvalue weighted by Crippen LogP contribution is -2.34. The molecule has 3 aromatic rings. The van der Waals surface area contributed by atoms with E-state index in [-0.39, 0.29) is 12.8 Å². The predicted octanol–water partition coefficient (Wildman–Crippen LogP) is 2.05. The molecule has 27 heavy (non-hydrogen) atoms. The van der Waals surface area contributed by atoms with Gasteiger partial charge in [-0.25, -0.2) is 14.5 Å². The lowest BCUT2D eigenvalue weighted by Gasteiger charge is -2.09. The van der Waals surface area contributed by atoms with E-state index in [9.17, 15) is 4.79 Å². The van der Waals surface area contributed by atoms with Crippen LogP contribution < -0.4 is 20.1 Å². The minimum atomic E-state index is -0.223. The van der Waals surface area contributed by atoms with Gasteiger partial charge in [-0.15, -0.1) is 0 Å². The first-order valence-electron chi connectivity index (χ1n) is 8.57. The largest absolute Gasteiger partial charge is 0.454 e. The molecule has 1 aromatic heterocycles. The van der Waals surface area contributed by atoms with Gasteiger partial charge in [0.15, 0.2) is 11.5 Å². The lowest BCUT2D eigenvalue weighted by molar-refractivity contribution is 0.174. The summed E-state index contributed by atoms with van der Waals surface area (Å²) in [5, 5.41) is 9.77. The maximum absolute atomic E-state index is 12.0. The number of amides is 2. The SMILES string of the molecule is O=C(NCc1ccc(Cn2cncn2)cc1)NCc1ccc2c(c1)OCO2. The highest BCUT2D eigenvalue weighted by Gasteiger charge is 2.13. The summed E-state index contributed by atoms with van der Waals surface area (Å²) >= 11 is 0. The van der Waals surface area contributed by atoms with Gasteiger partial charge in [-0.2, -0.15) is 5.10 Å². The molecule has 0 atom stereocenters. The first-order valence-corrected chi connectivity index (χ1v) is 8.57. The summed E-state index contributed by atoms with van der Waals surface area (Å²) in [6, 6.07) is 13.4. The minimum Gasteiger partial charge on any atom is -0.454 e. The highest BCUT2D eigenvalue weighted by molar-refractivity contribution is 5.73. The van der Waals surface area contributed by atoms with Crippen LogP contribution >= 0.6 is 0 Å². The number of nitrogens with zero attached hydrogens (tertiary/aromatic N) is 3. The van der Waals surface area contributed by atoms with Crippen LogP contribution in [0.2, 0.25) is 0 Å². The Morgan fingerprint density at radius 2 is 1.67 bits per heavy atom. The molecule has 8 nitrogen and oxygen atoms in total. The van der Waals surface area contributed by atoms with Gasteiger partial charge in [-0.3, -0.25) is 0 Å². The standard InChI is InChI=1S/C19H19N5O3/c25-19(22-9-16-5-6-17-18(7-16)27-13-26-17)21-8-14-1-3-15(4-2-14)10-24-12-20-11-23-24/h1-7,11-12H,8-10,13H2,(H2,21,22,25). The maximum atomic E-state index is 12.0. The lowest BCUT2D eigenvalue weighted by atomic mass is 10.1. The second-order valence-electron chi connectivity index (χ2n) is 6.13. The molecule has 1 aliphatic heterocycles. The number of hydrogen-bond donors (Lipinski definition) is 2. The summed E-state index contributed by atoms with van der Waals surface area (Å²) in [4.78, 5) is 15.9. The van der Waals surface area contributed by atoms with Crippen molar-refractivity contribution in [1.29, 1.82) is 0 Å². The minimum absolute atomic E-state index is 0.223. The molecule has 2 heterocycles. The van der Waals surface area contributed by atoms with Crippen molar-refractivity contribution in [3.63, 3.8) is 0 Å². The predicted molar refractivity (Wildman–Crippen MR) is 97.2 cm³/mol. The summed E-state index contributed by atoms with van der Waals surface area (Å²) in [5.74, 6) is 1.44. The Balaban J connectivity index is 1.23. The summed E-state index contributed by atoms with van der Waals surface area (Å²) in [7, 11) is 0. The first-order chi connectivity index (χ1) is 13.3. The van der Waals surface area contributed by atoms with Crippen LogP contribution in [0, 0.1) is 0 Å². The number of carbonyl (C=O) groups is 1. The Hall–Kier alpha value is -3.55. The van der Waals surface area contributed by atoms with Crippen LogP contribution in [0.3, 0.4) is 0 Å². The van der Waals surface area contributed by atoms with Gasteiger partial charge in [0.2, 0.25) is 6.79 Å². The topological polar surface area (TPSA) is 90.3 Å². The Morgan fingerprint density at radius 1 is 0.963 bits per heavy atom. The van der Waals surface area contributed by atoms with E-state index >= 15 is 0 Å². The number of aromatic nitrogens is 3. The number of fused-ring (bicyclic) bond motifs is 1. The van der Waals surface area contributed by atoms with Crippen LogP contribution in [0.5, 0.6) is 11.5 Å². The van der Waals surface area contributed by atoms with Crippen LogP contribution in [-0.2, 0) is 19.6 Å². The average molecular weight is 365 g/mol. The highest BCUT2D eigenvalue weighted by Crippen LogP contribution is 2.32. The van der Waals surface area contributed by atoms with Gasteiger partial charge < -0.3 is 20.1 Å². The molecule has 2 aromatic carbocycles. The smallest absolute Gasteiger partial charge is 0.315 e. The number of hydrogen-bond acceptors (Lipinski definition) is 5. The summed E-state index contributed by atoms with van der Waals surface area (Å²) in [5.41, 5.74) is 3.10.